The topological polar surface area (TPSA) is 43.4 Å². The standard InChI is InChI=1S/C18H17F3O3S/c1-3-13-17(18(19,20)21,14-9-11-15(24-2)12-10-14)25(22,23)16-7-5-4-6-8-16/h3-12H,1,13H2,2H3. The molecular weight excluding hydrogens is 353 g/mol. The van der Waals surface area contributed by atoms with Crippen LogP contribution in [0.15, 0.2) is 72.1 Å². The molecule has 0 saturated heterocycles. The van der Waals surface area contributed by atoms with Gasteiger partial charge in [-0.25, -0.2) is 8.42 Å². The Balaban J connectivity index is 2.82. The summed E-state index contributed by atoms with van der Waals surface area (Å²) in [5.74, 6) is 0.329. The third-order valence-electron chi connectivity index (χ3n) is 3.96. The van der Waals surface area contributed by atoms with Gasteiger partial charge in [0.1, 0.15) is 5.75 Å². The summed E-state index contributed by atoms with van der Waals surface area (Å²) in [5.41, 5.74) is -0.385. The van der Waals surface area contributed by atoms with Gasteiger partial charge in [-0.2, -0.15) is 13.2 Å². The summed E-state index contributed by atoms with van der Waals surface area (Å²) in [6.45, 7) is 3.34. The summed E-state index contributed by atoms with van der Waals surface area (Å²) in [7, 11) is -3.42. The Hall–Kier alpha value is -2.28. The number of benzene rings is 2. The molecule has 0 saturated carbocycles. The van der Waals surface area contributed by atoms with Gasteiger partial charge < -0.3 is 4.74 Å². The molecule has 3 nitrogen and oxygen atoms in total. The summed E-state index contributed by atoms with van der Waals surface area (Å²) in [5, 5.41) is 0. The monoisotopic (exact) mass is 370 g/mol. The van der Waals surface area contributed by atoms with Gasteiger partial charge in [-0.1, -0.05) is 36.4 Å². The number of halogens is 3. The lowest BCUT2D eigenvalue weighted by atomic mass is 9.93. The van der Waals surface area contributed by atoms with E-state index in [2.05, 4.69) is 6.58 Å². The van der Waals surface area contributed by atoms with Crippen LogP contribution in [0.4, 0.5) is 13.2 Å². The van der Waals surface area contributed by atoms with Crippen LogP contribution in [0, 0.1) is 0 Å². The number of hydrogen-bond donors (Lipinski definition) is 0. The molecule has 134 valence electrons. The Morgan fingerprint density at radius 1 is 1.04 bits per heavy atom. The fourth-order valence-electron chi connectivity index (χ4n) is 2.68. The minimum Gasteiger partial charge on any atom is -0.497 e. The number of allylic oxidation sites excluding steroid dienone is 1. The predicted octanol–water partition coefficient (Wildman–Crippen LogP) is 4.50. The van der Waals surface area contributed by atoms with E-state index in [4.69, 9.17) is 4.74 Å². The molecular formula is C18H17F3O3S. The zero-order valence-electron chi connectivity index (χ0n) is 13.5. The van der Waals surface area contributed by atoms with Crippen molar-refractivity contribution < 1.29 is 26.3 Å². The van der Waals surface area contributed by atoms with Crippen LogP contribution in [0.25, 0.3) is 0 Å². The van der Waals surface area contributed by atoms with Crippen LogP contribution in [0.2, 0.25) is 0 Å². The molecule has 0 aliphatic rings. The van der Waals surface area contributed by atoms with Gasteiger partial charge in [0, 0.05) is 0 Å². The number of methoxy groups -OCH3 is 1. The van der Waals surface area contributed by atoms with Gasteiger partial charge >= 0.3 is 6.18 Å². The maximum absolute atomic E-state index is 14.2. The first-order valence-corrected chi connectivity index (χ1v) is 8.81. The van der Waals surface area contributed by atoms with Crippen molar-refractivity contribution in [3.8, 4) is 5.75 Å². The Bertz CT molecular complexity index is 828. The first kappa shape index (κ1) is 19.1. The smallest absolute Gasteiger partial charge is 0.412 e. The summed E-state index contributed by atoms with van der Waals surface area (Å²) < 4.78 is 70.4. The third-order valence-corrected chi connectivity index (χ3v) is 6.40. The lowest BCUT2D eigenvalue weighted by Crippen LogP contribution is -2.48. The van der Waals surface area contributed by atoms with E-state index in [1.165, 1.54) is 37.4 Å². The van der Waals surface area contributed by atoms with E-state index in [9.17, 15) is 21.6 Å². The molecule has 7 heteroatoms. The minimum absolute atomic E-state index is 0.329. The van der Waals surface area contributed by atoms with Crippen molar-refractivity contribution in [3.05, 3.63) is 72.8 Å². The highest BCUT2D eigenvalue weighted by molar-refractivity contribution is 7.92. The van der Waals surface area contributed by atoms with E-state index in [0.717, 1.165) is 30.3 Å². The molecule has 2 rings (SSSR count). The van der Waals surface area contributed by atoms with E-state index in [0.29, 0.717) is 5.75 Å². The highest BCUT2D eigenvalue weighted by atomic mass is 32.2. The van der Waals surface area contributed by atoms with E-state index in [-0.39, 0.29) is 5.56 Å². The van der Waals surface area contributed by atoms with Gasteiger partial charge in [-0.15, -0.1) is 6.58 Å². The second-order valence-electron chi connectivity index (χ2n) is 5.36. The molecule has 0 heterocycles. The fraction of sp³-hybridized carbons (Fsp3) is 0.222. The second kappa shape index (κ2) is 6.92. The highest BCUT2D eigenvalue weighted by Gasteiger charge is 2.64. The quantitative estimate of drug-likeness (QED) is 0.703. The van der Waals surface area contributed by atoms with Crippen LogP contribution in [-0.2, 0) is 14.6 Å². The minimum atomic E-state index is -5.05. The lowest BCUT2D eigenvalue weighted by Gasteiger charge is -2.35. The van der Waals surface area contributed by atoms with Crippen molar-refractivity contribution in [2.24, 2.45) is 0 Å². The first-order chi connectivity index (χ1) is 11.7. The first-order valence-electron chi connectivity index (χ1n) is 7.32. The fourth-order valence-corrected chi connectivity index (χ4v) is 4.68. The normalized spacial score (nSPS) is 14.6. The van der Waals surface area contributed by atoms with Gasteiger partial charge in [0.2, 0.25) is 0 Å². The molecule has 1 unspecified atom stereocenters. The molecule has 2 aromatic carbocycles. The van der Waals surface area contributed by atoms with Crippen LogP contribution in [-0.4, -0.2) is 21.7 Å². The maximum atomic E-state index is 14.2. The summed E-state index contributed by atoms with van der Waals surface area (Å²) >= 11 is 0. The molecule has 0 bridgehead atoms. The van der Waals surface area contributed by atoms with Crippen molar-refractivity contribution in [3.63, 3.8) is 0 Å². The van der Waals surface area contributed by atoms with Gasteiger partial charge in [-0.05, 0) is 36.2 Å². The molecule has 2 aromatic rings. The van der Waals surface area contributed by atoms with Gasteiger partial charge in [-0.3, -0.25) is 0 Å². The van der Waals surface area contributed by atoms with Gasteiger partial charge in [0.05, 0.1) is 12.0 Å². The van der Waals surface area contributed by atoms with E-state index >= 15 is 0 Å². The Morgan fingerprint density at radius 2 is 1.60 bits per heavy atom. The Kier molecular flexibility index (Phi) is 5.27. The van der Waals surface area contributed by atoms with Crippen molar-refractivity contribution in [1.82, 2.24) is 0 Å². The maximum Gasteiger partial charge on any atom is 0.412 e. The van der Waals surface area contributed by atoms with Crippen molar-refractivity contribution in [2.75, 3.05) is 7.11 Å². The van der Waals surface area contributed by atoms with Crippen LogP contribution in [0.1, 0.15) is 12.0 Å². The Labute approximate surface area is 144 Å². The molecule has 0 spiro atoms. The predicted molar refractivity (Wildman–Crippen MR) is 89.2 cm³/mol. The average molecular weight is 370 g/mol. The number of ether oxygens (including phenoxy) is 1. The van der Waals surface area contributed by atoms with Gasteiger partial charge in [0.25, 0.3) is 0 Å². The molecule has 0 amide bonds. The summed E-state index contributed by atoms with van der Waals surface area (Å²) in [6, 6.07) is 11.5. The third kappa shape index (κ3) is 3.16. The summed E-state index contributed by atoms with van der Waals surface area (Å²) in [4.78, 5) is -0.398. The lowest BCUT2D eigenvalue weighted by molar-refractivity contribution is -0.163. The number of alkyl halides is 3. The van der Waals surface area contributed by atoms with Crippen LogP contribution in [0.3, 0.4) is 0 Å². The SMILES string of the molecule is C=CCC(c1ccc(OC)cc1)(C(F)(F)F)S(=O)(=O)c1ccccc1. The molecule has 0 fully saturated rings. The zero-order chi connectivity index (χ0) is 18.7. The molecule has 0 aromatic heterocycles. The van der Waals surface area contributed by atoms with E-state index < -0.39 is 32.1 Å². The number of hydrogen-bond acceptors (Lipinski definition) is 3. The van der Waals surface area contributed by atoms with Crippen molar-refractivity contribution in [1.29, 1.82) is 0 Å². The van der Waals surface area contributed by atoms with Crippen LogP contribution >= 0.6 is 0 Å². The molecule has 1 atom stereocenters. The second-order valence-corrected chi connectivity index (χ2v) is 7.54. The molecule has 25 heavy (non-hydrogen) atoms. The highest BCUT2D eigenvalue weighted by Crippen LogP contribution is 2.51. The Morgan fingerprint density at radius 3 is 2.04 bits per heavy atom. The summed E-state index contributed by atoms with van der Waals surface area (Å²) in [6.07, 6.45) is -4.89. The average Bonchev–Trinajstić information content (AvgIpc) is 2.59. The van der Waals surface area contributed by atoms with Gasteiger partial charge in [0.15, 0.2) is 14.6 Å². The van der Waals surface area contributed by atoms with Crippen molar-refractivity contribution >= 4 is 9.84 Å². The zero-order valence-corrected chi connectivity index (χ0v) is 14.3. The molecule has 0 radical (unpaired) electrons. The van der Waals surface area contributed by atoms with Crippen molar-refractivity contribution in [2.45, 2.75) is 22.2 Å². The number of rotatable bonds is 6. The van der Waals surface area contributed by atoms with Crippen LogP contribution in [0.5, 0.6) is 5.75 Å². The van der Waals surface area contributed by atoms with E-state index in [1.54, 1.807) is 0 Å². The van der Waals surface area contributed by atoms with Crippen LogP contribution < -0.4 is 4.74 Å². The molecule has 0 N–H and O–H groups in total. The molecule has 0 aliphatic carbocycles. The molecule has 0 aliphatic heterocycles. The number of sulfone groups is 1. The largest absolute Gasteiger partial charge is 0.497 e. The van der Waals surface area contributed by atoms with E-state index in [1.807, 2.05) is 0 Å².